The zero-order valence-electron chi connectivity index (χ0n) is 26.1. The summed E-state index contributed by atoms with van der Waals surface area (Å²) in [4.78, 5) is 52.0. The minimum atomic E-state index is -1.14. The van der Waals surface area contributed by atoms with Crippen LogP contribution >= 0.6 is 0 Å². The maximum Gasteiger partial charge on any atom is 0.323 e. The van der Waals surface area contributed by atoms with Crippen LogP contribution in [0, 0.1) is 11.7 Å². The molecule has 10 N–H and O–H groups in total. The number of nitrogens with two attached hydrogens (primary N) is 4. The zero-order chi connectivity index (χ0) is 33.9. The van der Waals surface area contributed by atoms with Crippen molar-refractivity contribution in [3.8, 4) is 0 Å². The van der Waals surface area contributed by atoms with Gasteiger partial charge in [-0.3, -0.25) is 24.4 Å². The van der Waals surface area contributed by atoms with Gasteiger partial charge in [0.2, 0.25) is 5.91 Å². The first-order chi connectivity index (χ1) is 21.7. The first-order valence-corrected chi connectivity index (χ1v) is 15.0. The van der Waals surface area contributed by atoms with E-state index in [1.54, 1.807) is 44.2 Å². The Kier molecular flexibility index (Phi) is 12.9. The average Bonchev–Trinajstić information content (AvgIpc) is 2.99. The standard InChI is InChI=1S/C32H43FN8O5/c1-32(2,45)13-12-20(28(35)42)17-27(46-30(44)22(34)9-6-14-38-31(36)37)25(16-19-7-5-8-21(33)15-19)41-29(43)26-18-39-23-10-3-4-11-24(23)40-26/h3-5,7-8,10-11,15,18,20,22,25,27,45H,6,9,12-14,16-17,34H2,1-2H3,(H2,35,42)(H,41,43)(H4,36,37,38). The number of amides is 2. The second-order valence-electron chi connectivity index (χ2n) is 11.9. The Balaban J connectivity index is 1.96. The monoisotopic (exact) mass is 638 g/mol. The molecule has 0 saturated carbocycles. The average molecular weight is 639 g/mol. The molecule has 0 saturated heterocycles. The molecule has 0 aliphatic rings. The molecule has 2 amide bonds. The van der Waals surface area contributed by atoms with Crippen LogP contribution in [0.15, 0.2) is 59.7 Å². The lowest BCUT2D eigenvalue weighted by molar-refractivity contribution is -0.154. The summed E-state index contributed by atoms with van der Waals surface area (Å²) in [7, 11) is 0. The zero-order valence-corrected chi connectivity index (χ0v) is 26.1. The Hall–Kier alpha value is -4.69. The van der Waals surface area contributed by atoms with Gasteiger partial charge in [0.05, 0.1) is 28.9 Å². The van der Waals surface area contributed by atoms with Crippen LogP contribution in [0.1, 0.15) is 62.0 Å². The quantitative estimate of drug-likeness (QED) is 0.0538. The summed E-state index contributed by atoms with van der Waals surface area (Å²) in [6.45, 7) is 3.45. The van der Waals surface area contributed by atoms with E-state index >= 15 is 0 Å². The number of ether oxygens (including phenoxy) is 1. The minimum Gasteiger partial charge on any atom is -0.459 e. The van der Waals surface area contributed by atoms with E-state index in [0.717, 1.165) is 0 Å². The summed E-state index contributed by atoms with van der Waals surface area (Å²) in [5, 5.41) is 13.2. The first kappa shape index (κ1) is 35.8. The molecule has 4 unspecified atom stereocenters. The molecule has 46 heavy (non-hydrogen) atoms. The Morgan fingerprint density at radius 2 is 1.78 bits per heavy atom. The fourth-order valence-electron chi connectivity index (χ4n) is 4.85. The highest BCUT2D eigenvalue weighted by Gasteiger charge is 2.34. The van der Waals surface area contributed by atoms with E-state index in [2.05, 4.69) is 20.3 Å². The van der Waals surface area contributed by atoms with Crippen molar-refractivity contribution in [3.05, 3.63) is 71.8 Å². The highest BCUT2D eigenvalue weighted by molar-refractivity contribution is 5.94. The molecule has 0 aliphatic carbocycles. The number of rotatable bonds is 17. The number of primary amides is 1. The first-order valence-electron chi connectivity index (χ1n) is 15.0. The number of aromatic nitrogens is 2. The number of aliphatic imine (C=N–C) groups is 1. The number of hydrogen-bond donors (Lipinski definition) is 6. The molecule has 1 aromatic heterocycles. The molecule has 14 heteroatoms. The van der Waals surface area contributed by atoms with Crippen molar-refractivity contribution in [1.29, 1.82) is 0 Å². The maximum atomic E-state index is 14.2. The third-order valence-corrected chi connectivity index (χ3v) is 7.35. The van der Waals surface area contributed by atoms with Crippen molar-refractivity contribution in [1.82, 2.24) is 15.3 Å². The summed E-state index contributed by atoms with van der Waals surface area (Å²) in [6, 6.07) is 10.7. The topological polar surface area (TPSA) is 235 Å². The number of carbonyl (C=O) groups excluding carboxylic acids is 3. The van der Waals surface area contributed by atoms with Crippen molar-refractivity contribution in [2.24, 2.45) is 33.8 Å². The summed E-state index contributed by atoms with van der Waals surface area (Å²) in [5.74, 6) is -3.54. The second kappa shape index (κ2) is 16.6. The molecule has 13 nitrogen and oxygen atoms in total. The van der Waals surface area contributed by atoms with Gasteiger partial charge in [0.1, 0.15) is 23.7 Å². The van der Waals surface area contributed by atoms with Gasteiger partial charge in [0, 0.05) is 12.5 Å². The van der Waals surface area contributed by atoms with Gasteiger partial charge in [-0.05, 0) is 82.2 Å². The molecule has 0 bridgehead atoms. The summed E-state index contributed by atoms with van der Waals surface area (Å²) in [5.41, 5.74) is 23.1. The number of benzene rings is 2. The number of aliphatic hydroxyl groups is 1. The van der Waals surface area contributed by atoms with E-state index < -0.39 is 53.3 Å². The maximum absolute atomic E-state index is 14.2. The van der Waals surface area contributed by atoms with Crippen LogP contribution in [-0.2, 0) is 20.7 Å². The van der Waals surface area contributed by atoms with E-state index in [0.29, 0.717) is 23.0 Å². The molecule has 0 fully saturated rings. The molecule has 0 aliphatic heterocycles. The number of guanidine groups is 1. The summed E-state index contributed by atoms with van der Waals surface area (Å²) < 4.78 is 20.1. The second-order valence-corrected chi connectivity index (χ2v) is 11.9. The Morgan fingerprint density at radius 3 is 2.43 bits per heavy atom. The van der Waals surface area contributed by atoms with Crippen molar-refractivity contribution in [2.45, 2.75) is 76.2 Å². The number of para-hydroxylation sites is 2. The Labute approximate surface area is 267 Å². The smallest absolute Gasteiger partial charge is 0.323 e. The minimum absolute atomic E-state index is 0.00191. The predicted molar refractivity (Wildman–Crippen MR) is 171 cm³/mol. The van der Waals surface area contributed by atoms with Gasteiger partial charge in [-0.25, -0.2) is 9.37 Å². The Morgan fingerprint density at radius 1 is 1.07 bits per heavy atom. The number of carbonyl (C=O) groups is 3. The van der Waals surface area contributed by atoms with Crippen molar-refractivity contribution in [2.75, 3.05) is 6.54 Å². The van der Waals surface area contributed by atoms with Gasteiger partial charge in [0.25, 0.3) is 5.91 Å². The van der Waals surface area contributed by atoms with Crippen molar-refractivity contribution < 1.29 is 28.6 Å². The summed E-state index contributed by atoms with van der Waals surface area (Å²) >= 11 is 0. The van der Waals surface area contributed by atoms with E-state index in [9.17, 15) is 23.9 Å². The Bertz CT molecular complexity index is 1530. The van der Waals surface area contributed by atoms with Crippen LogP contribution in [0.5, 0.6) is 0 Å². The van der Waals surface area contributed by atoms with Crippen LogP contribution in [0.25, 0.3) is 11.0 Å². The van der Waals surface area contributed by atoms with Gasteiger partial charge >= 0.3 is 5.97 Å². The van der Waals surface area contributed by atoms with Crippen molar-refractivity contribution in [3.63, 3.8) is 0 Å². The normalized spacial score (nSPS) is 14.1. The van der Waals surface area contributed by atoms with Crippen LogP contribution < -0.4 is 28.3 Å². The molecule has 3 aromatic rings. The van der Waals surface area contributed by atoms with Gasteiger partial charge < -0.3 is 38.1 Å². The lowest BCUT2D eigenvalue weighted by atomic mass is 9.87. The fourth-order valence-corrected chi connectivity index (χ4v) is 4.85. The third-order valence-electron chi connectivity index (χ3n) is 7.35. The summed E-state index contributed by atoms with van der Waals surface area (Å²) in [6.07, 6.45) is 1.05. The fraction of sp³-hybridized carbons (Fsp3) is 0.438. The SMILES string of the molecule is CC(C)(O)CCC(CC(OC(=O)C(N)CCCN=C(N)N)C(Cc1cccc(F)c1)NC(=O)c1cnc2ccccc2n1)C(N)=O. The molecule has 248 valence electrons. The highest BCUT2D eigenvalue weighted by atomic mass is 19.1. The molecule has 4 atom stereocenters. The van der Waals surface area contributed by atoms with Gasteiger partial charge in [-0.2, -0.15) is 0 Å². The molecular formula is C32H43FN8O5. The largest absolute Gasteiger partial charge is 0.459 e. The van der Waals surface area contributed by atoms with E-state index in [-0.39, 0.29) is 50.3 Å². The molecule has 2 aromatic carbocycles. The highest BCUT2D eigenvalue weighted by Crippen LogP contribution is 2.24. The van der Waals surface area contributed by atoms with Crippen LogP contribution in [0.3, 0.4) is 0 Å². The van der Waals surface area contributed by atoms with E-state index in [1.165, 1.54) is 24.4 Å². The van der Waals surface area contributed by atoms with Gasteiger partial charge in [0.15, 0.2) is 5.96 Å². The lowest BCUT2D eigenvalue weighted by Crippen LogP contribution is -2.50. The van der Waals surface area contributed by atoms with Crippen molar-refractivity contribution >= 4 is 34.8 Å². The van der Waals surface area contributed by atoms with Gasteiger partial charge in [-0.1, -0.05) is 24.3 Å². The number of esters is 1. The van der Waals surface area contributed by atoms with E-state index in [4.69, 9.17) is 27.7 Å². The van der Waals surface area contributed by atoms with Crippen LogP contribution in [0.2, 0.25) is 0 Å². The van der Waals surface area contributed by atoms with E-state index in [1.807, 2.05) is 0 Å². The molecule has 1 heterocycles. The van der Waals surface area contributed by atoms with Crippen LogP contribution in [-0.4, -0.2) is 69.2 Å². The number of fused-ring (bicyclic) bond motifs is 1. The van der Waals surface area contributed by atoms with Gasteiger partial charge in [-0.15, -0.1) is 0 Å². The predicted octanol–water partition coefficient (Wildman–Crippen LogP) is 1.45. The molecule has 3 rings (SSSR count). The number of hydrogen-bond acceptors (Lipinski definition) is 9. The van der Waals surface area contributed by atoms with Crippen LogP contribution in [0.4, 0.5) is 4.39 Å². The number of nitrogens with zero attached hydrogens (tertiary/aromatic N) is 3. The molecular weight excluding hydrogens is 595 g/mol. The number of halogens is 1. The molecule has 0 radical (unpaired) electrons. The number of nitrogens with one attached hydrogen (secondary N) is 1. The third kappa shape index (κ3) is 11.7. The molecule has 0 spiro atoms. The lowest BCUT2D eigenvalue weighted by Gasteiger charge is -2.31.